The Balaban J connectivity index is 1.24. The van der Waals surface area contributed by atoms with Gasteiger partial charge in [0.2, 0.25) is 0 Å². The van der Waals surface area contributed by atoms with Crippen molar-refractivity contribution in [3.05, 3.63) is 236 Å². The topological polar surface area (TPSA) is 3.24 Å². The van der Waals surface area contributed by atoms with E-state index >= 15 is 0 Å². The van der Waals surface area contributed by atoms with Crippen molar-refractivity contribution in [2.45, 2.75) is 12.0 Å². The van der Waals surface area contributed by atoms with Crippen molar-refractivity contribution in [3.8, 4) is 33.4 Å². The molecule has 0 fully saturated rings. The lowest BCUT2D eigenvalue weighted by Crippen LogP contribution is -2.45. The fourth-order valence-corrected chi connectivity index (χ4v) is 9.89. The highest BCUT2D eigenvalue weighted by molar-refractivity contribution is 7.25. The molecule has 0 spiro atoms. The molecule has 9 aromatic rings. The van der Waals surface area contributed by atoms with Crippen LogP contribution in [0.15, 0.2) is 224 Å². The van der Waals surface area contributed by atoms with Gasteiger partial charge < -0.3 is 4.90 Å². The molecular weight excluding hydrogens is 695 g/mol. The summed E-state index contributed by atoms with van der Waals surface area (Å²) in [5, 5.41) is 2.64. The first kappa shape index (κ1) is 33.8. The number of thiophene rings is 1. The third-order valence-corrected chi connectivity index (χ3v) is 12.4. The maximum Gasteiger partial charge on any atom is 0.100 e. The van der Waals surface area contributed by atoms with Crippen molar-refractivity contribution < 1.29 is 0 Å². The molecule has 10 rings (SSSR count). The molecule has 1 aromatic heterocycles. The Labute approximate surface area is 332 Å². The van der Waals surface area contributed by atoms with Gasteiger partial charge in [0.1, 0.15) is 5.54 Å². The van der Waals surface area contributed by atoms with Crippen LogP contribution in [0.1, 0.15) is 17.5 Å². The average Bonchev–Trinajstić information content (AvgIpc) is 3.67. The van der Waals surface area contributed by atoms with Gasteiger partial charge in [0.25, 0.3) is 0 Å². The number of fused-ring (bicyclic) bond motifs is 3. The summed E-state index contributed by atoms with van der Waals surface area (Å²) in [6.45, 7) is 0. The van der Waals surface area contributed by atoms with Crippen LogP contribution in [0.25, 0.3) is 59.1 Å². The average molecular weight is 734 g/mol. The molecule has 0 amide bonds. The van der Waals surface area contributed by atoms with Crippen LogP contribution in [0, 0.1) is 0 Å². The Hall–Kier alpha value is -6.74. The van der Waals surface area contributed by atoms with Crippen LogP contribution < -0.4 is 4.90 Å². The summed E-state index contributed by atoms with van der Waals surface area (Å²) < 4.78 is 2.64. The number of anilines is 2. The minimum Gasteiger partial charge on any atom is -0.327 e. The second-order valence-electron chi connectivity index (χ2n) is 14.4. The highest BCUT2D eigenvalue weighted by atomic mass is 32.1. The molecule has 0 aliphatic heterocycles. The molecule has 1 atom stereocenters. The zero-order valence-electron chi connectivity index (χ0n) is 30.9. The zero-order chi connectivity index (χ0) is 37.3. The third kappa shape index (κ3) is 5.87. The van der Waals surface area contributed by atoms with Crippen LogP contribution in [0.2, 0.25) is 0 Å². The molecule has 1 unspecified atom stereocenters. The van der Waals surface area contributed by atoms with Gasteiger partial charge >= 0.3 is 0 Å². The normalized spacial score (nSPS) is 15.2. The Morgan fingerprint density at radius 1 is 0.429 bits per heavy atom. The summed E-state index contributed by atoms with van der Waals surface area (Å²) in [4.78, 5) is 2.62. The minimum absolute atomic E-state index is 0.622. The summed E-state index contributed by atoms with van der Waals surface area (Å²) in [6, 6.07) is 75.5. The SMILES string of the molecule is C1=CCC(c2ccccc2-c2ccccc2)(N(c2ccc(-c3cccc4sc5ccccc5c34)cc2)c2cccc(-c3ccccc3)c2)C(c2ccccc2)=C1. The van der Waals surface area contributed by atoms with E-state index in [4.69, 9.17) is 0 Å². The molecule has 1 aliphatic rings. The van der Waals surface area contributed by atoms with E-state index in [0.717, 1.165) is 17.8 Å². The quantitative estimate of drug-likeness (QED) is 0.150. The van der Waals surface area contributed by atoms with Gasteiger partial charge in [0, 0.05) is 31.5 Å². The summed E-state index contributed by atoms with van der Waals surface area (Å²) in [5.41, 5.74) is 12.6. The molecule has 1 aliphatic carbocycles. The molecule has 0 saturated heterocycles. The van der Waals surface area contributed by atoms with Crippen molar-refractivity contribution in [3.63, 3.8) is 0 Å². The van der Waals surface area contributed by atoms with Crippen LogP contribution in [-0.2, 0) is 5.54 Å². The van der Waals surface area contributed by atoms with E-state index in [1.54, 1.807) is 0 Å². The lowest BCUT2D eigenvalue weighted by Gasteiger charge is -2.49. The molecule has 2 heteroatoms. The summed E-state index contributed by atoms with van der Waals surface area (Å²) in [7, 11) is 0. The van der Waals surface area contributed by atoms with Gasteiger partial charge in [-0.05, 0) is 92.9 Å². The van der Waals surface area contributed by atoms with Gasteiger partial charge in [-0.2, -0.15) is 0 Å². The molecule has 266 valence electrons. The second kappa shape index (κ2) is 14.5. The summed E-state index contributed by atoms with van der Waals surface area (Å²) in [6.07, 6.45) is 7.69. The van der Waals surface area contributed by atoms with Gasteiger partial charge in [-0.15, -0.1) is 11.3 Å². The first-order chi connectivity index (χ1) is 27.8. The molecule has 56 heavy (non-hydrogen) atoms. The molecule has 1 heterocycles. The highest BCUT2D eigenvalue weighted by Gasteiger charge is 2.45. The largest absolute Gasteiger partial charge is 0.327 e. The number of allylic oxidation sites excluding steroid dienone is 2. The number of nitrogens with zero attached hydrogens (tertiary/aromatic N) is 1. The van der Waals surface area contributed by atoms with E-state index in [1.165, 1.54) is 70.3 Å². The second-order valence-corrected chi connectivity index (χ2v) is 15.5. The van der Waals surface area contributed by atoms with Gasteiger partial charge in [-0.25, -0.2) is 0 Å². The van der Waals surface area contributed by atoms with Crippen LogP contribution in [0.3, 0.4) is 0 Å². The predicted octanol–water partition coefficient (Wildman–Crippen LogP) is 15.1. The smallest absolute Gasteiger partial charge is 0.100 e. The van der Waals surface area contributed by atoms with Gasteiger partial charge in [-0.1, -0.05) is 188 Å². The monoisotopic (exact) mass is 733 g/mol. The molecular formula is C54H39NS. The van der Waals surface area contributed by atoms with Crippen molar-refractivity contribution in [2.75, 3.05) is 4.90 Å². The maximum absolute atomic E-state index is 2.62. The van der Waals surface area contributed by atoms with Crippen LogP contribution in [-0.4, -0.2) is 0 Å². The molecule has 1 nitrogen and oxygen atoms in total. The van der Waals surface area contributed by atoms with Crippen molar-refractivity contribution >= 4 is 48.5 Å². The molecule has 0 saturated carbocycles. The molecule has 0 bridgehead atoms. The van der Waals surface area contributed by atoms with Crippen LogP contribution in [0.4, 0.5) is 11.4 Å². The van der Waals surface area contributed by atoms with Gasteiger partial charge in [0.15, 0.2) is 0 Å². The van der Waals surface area contributed by atoms with Crippen LogP contribution in [0.5, 0.6) is 0 Å². The fourth-order valence-electron chi connectivity index (χ4n) is 8.75. The molecule has 8 aromatic carbocycles. The Bertz CT molecular complexity index is 2870. The lowest BCUT2D eigenvalue weighted by atomic mass is 9.70. The van der Waals surface area contributed by atoms with E-state index in [1.807, 2.05) is 11.3 Å². The van der Waals surface area contributed by atoms with Crippen molar-refractivity contribution in [2.24, 2.45) is 0 Å². The van der Waals surface area contributed by atoms with E-state index in [-0.39, 0.29) is 0 Å². The Morgan fingerprint density at radius 3 is 1.80 bits per heavy atom. The van der Waals surface area contributed by atoms with Gasteiger partial charge in [0.05, 0.1) is 0 Å². The van der Waals surface area contributed by atoms with Crippen molar-refractivity contribution in [1.82, 2.24) is 0 Å². The van der Waals surface area contributed by atoms with Gasteiger partial charge in [-0.3, -0.25) is 0 Å². The highest BCUT2D eigenvalue weighted by Crippen LogP contribution is 2.54. The van der Waals surface area contributed by atoms with E-state index in [2.05, 4.69) is 229 Å². The fraction of sp³-hybridized carbons (Fsp3) is 0.0370. The number of hydrogen-bond donors (Lipinski definition) is 0. The Morgan fingerprint density at radius 2 is 1.02 bits per heavy atom. The molecule has 0 N–H and O–H groups in total. The summed E-state index contributed by atoms with van der Waals surface area (Å²) >= 11 is 1.87. The maximum atomic E-state index is 2.62. The van der Waals surface area contributed by atoms with E-state index in [0.29, 0.717) is 0 Å². The van der Waals surface area contributed by atoms with E-state index in [9.17, 15) is 0 Å². The third-order valence-electron chi connectivity index (χ3n) is 11.2. The predicted molar refractivity (Wildman–Crippen MR) is 241 cm³/mol. The first-order valence-corrected chi connectivity index (χ1v) is 20.1. The summed E-state index contributed by atoms with van der Waals surface area (Å²) in [5.74, 6) is 0. The lowest BCUT2D eigenvalue weighted by molar-refractivity contribution is 0.568. The number of hydrogen-bond acceptors (Lipinski definition) is 2. The number of benzene rings is 8. The zero-order valence-corrected chi connectivity index (χ0v) is 31.7. The molecule has 0 radical (unpaired) electrons. The van der Waals surface area contributed by atoms with Crippen molar-refractivity contribution in [1.29, 1.82) is 0 Å². The first-order valence-electron chi connectivity index (χ1n) is 19.3. The van der Waals surface area contributed by atoms with E-state index < -0.39 is 5.54 Å². The minimum atomic E-state index is -0.622. The standard InChI is InChI=1S/C54H39NS/c1-4-18-39(19-5-1)43-24-16-25-45(38-43)55(44-35-33-41(34-36-44)47-28-17-32-52-53(47)48-27-11-13-31-51(48)56-52)54(37-15-14-29-49(54)42-22-8-3-9-23-42)50-30-12-10-26-46(50)40-20-6-2-7-21-40/h1-36,38H,37H2. The van der Waals surface area contributed by atoms with Crippen LogP contribution >= 0.6 is 11.3 Å². The number of rotatable bonds is 8. The Kier molecular flexibility index (Phi) is 8.74.